The topological polar surface area (TPSA) is 75.0 Å². The van der Waals surface area contributed by atoms with E-state index in [0.717, 1.165) is 78.1 Å². The predicted octanol–water partition coefficient (Wildman–Crippen LogP) is 17.1. The molecule has 0 spiro atoms. The molecule has 0 aliphatic carbocycles. The van der Waals surface area contributed by atoms with Crippen molar-refractivity contribution in [2.45, 2.75) is 79.1 Å². The van der Waals surface area contributed by atoms with Gasteiger partial charge in [-0.2, -0.15) is 0 Å². The highest BCUT2D eigenvalue weighted by Gasteiger charge is 2.23. The van der Waals surface area contributed by atoms with Crippen molar-refractivity contribution < 1.29 is 9.47 Å². The first-order valence-corrected chi connectivity index (χ1v) is 24.1. The van der Waals surface area contributed by atoms with Gasteiger partial charge in [0.25, 0.3) is 0 Å². The summed E-state index contributed by atoms with van der Waals surface area (Å²) in [6, 6.07) is 53.1. The smallest absolute Gasteiger partial charge is 0.234 e. The standard InChI is InChI=1S/C62H57N5O2/c1-38(2)42-16-20-44(21-17-42)60-52(40(5)6)32-46(54-14-9-11-28-63-54)34-58(60)68-48-24-26-50-51-27-25-49(37-57(51)67(56(50)36-48)62-65-30-13-31-66-62)69-59-35-47(55-15-10-12-29-64-55)33-53(41(7)8)61(59)45-22-18-43(19-23-45)39(3)4/h9-41H,1-8H3. The summed E-state index contributed by atoms with van der Waals surface area (Å²) < 4.78 is 16.4. The van der Waals surface area contributed by atoms with Gasteiger partial charge in [0.05, 0.1) is 22.4 Å². The van der Waals surface area contributed by atoms with E-state index in [1.54, 1.807) is 12.4 Å². The first-order chi connectivity index (χ1) is 33.5. The van der Waals surface area contributed by atoms with Crippen LogP contribution in [-0.2, 0) is 0 Å². The highest BCUT2D eigenvalue weighted by atomic mass is 16.5. The van der Waals surface area contributed by atoms with Crippen molar-refractivity contribution in [3.05, 3.63) is 199 Å². The number of rotatable bonds is 13. The normalized spacial score (nSPS) is 11.7. The zero-order chi connectivity index (χ0) is 47.8. The molecule has 0 fully saturated rings. The minimum Gasteiger partial charge on any atom is -0.457 e. The summed E-state index contributed by atoms with van der Waals surface area (Å²) in [7, 11) is 0. The van der Waals surface area contributed by atoms with E-state index in [4.69, 9.17) is 29.4 Å². The van der Waals surface area contributed by atoms with Gasteiger partial charge in [0.1, 0.15) is 23.0 Å². The molecule has 0 N–H and O–H groups in total. The molecule has 10 aromatic rings. The number of aromatic nitrogens is 5. The Kier molecular flexibility index (Phi) is 12.4. The molecule has 0 bridgehead atoms. The van der Waals surface area contributed by atoms with Gasteiger partial charge in [-0.15, -0.1) is 0 Å². The lowest BCUT2D eigenvalue weighted by Gasteiger charge is -2.21. The van der Waals surface area contributed by atoms with Crippen LogP contribution in [0.1, 0.15) is 101 Å². The molecule has 342 valence electrons. The van der Waals surface area contributed by atoms with E-state index in [9.17, 15) is 0 Å². The summed E-state index contributed by atoms with van der Waals surface area (Å²) in [5, 5.41) is 2.08. The second-order valence-corrected chi connectivity index (χ2v) is 19.1. The van der Waals surface area contributed by atoms with Crippen molar-refractivity contribution >= 4 is 21.8 Å². The maximum atomic E-state index is 7.13. The number of benzene rings is 6. The van der Waals surface area contributed by atoms with E-state index < -0.39 is 0 Å². The first-order valence-electron chi connectivity index (χ1n) is 24.1. The molecule has 0 saturated heterocycles. The molecule has 10 rings (SSSR count). The Hall–Kier alpha value is -7.90. The quantitative estimate of drug-likeness (QED) is 0.115. The van der Waals surface area contributed by atoms with E-state index in [-0.39, 0.29) is 11.8 Å². The van der Waals surface area contributed by atoms with Crippen molar-refractivity contribution in [2.24, 2.45) is 0 Å². The molecule has 0 aliphatic heterocycles. The number of hydrogen-bond donors (Lipinski definition) is 0. The largest absolute Gasteiger partial charge is 0.457 e. The first kappa shape index (κ1) is 44.9. The fourth-order valence-corrected chi connectivity index (χ4v) is 9.38. The maximum Gasteiger partial charge on any atom is 0.234 e. The second-order valence-electron chi connectivity index (χ2n) is 19.1. The van der Waals surface area contributed by atoms with Crippen molar-refractivity contribution in [1.82, 2.24) is 24.5 Å². The van der Waals surface area contributed by atoms with Gasteiger partial charge in [0, 0.05) is 69.9 Å². The van der Waals surface area contributed by atoms with Crippen molar-refractivity contribution in [3.63, 3.8) is 0 Å². The third-order valence-electron chi connectivity index (χ3n) is 13.1. The highest BCUT2D eigenvalue weighted by Crippen LogP contribution is 2.46. The maximum absolute atomic E-state index is 7.13. The molecule has 0 radical (unpaired) electrons. The molecule has 0 amide bonds. The van der Waals surface area contributed by atoms with Crippen LogP contribution in [0.5, 0.6) is 23.0 Å². The Bertz CT molecular complexity index is 3210. The fraction of sp³-hybridized carbons (Fsp3) is 0.194. The zero-order valence-electron chi connectivity index (χ0n) is 40.6. The summed E-state index contributed by atoms with van der Waals surface area (Å²) in [6.07, 6.45) is 7.23. The van der Waals surface area contributed by atoms with Crippen LogP contribution >= 0.6 is 0 Å². The number of hydrogen-bond acceptors (Lipinski definition) is 6. The molecule has 0 atom stereocenters. The van der Waals surface area contributed by atoms with Gasteiger partial charge in [-0.25, -0.2) is 9.97 Å². The third-order valence-corrected chi connectivity index (χ3v) is 13.1. The monoisotopic (exact) mass is 903 g/mol. The van der Waals surface area contributed by atoms with Crippen molar-refractivity contribution in [3.8, 4) is 73.7 Å². The lowest BCUT2D eigenvalue weighted by Crippen LogP contribution is -2.01. The summed E-state index contributed by atoms with van der Waals surface area (Å²) in [4.78, 5) is 19.1. The zero-order valence-corrected chi connectivity index (χ0v) is 40.6. The molecule has 0 saturated carbocycles. The van der Waals surface area contributed by atoms with Gasteiger partial charge in [-0.3, -0.25) is 14.5 Å². The van der Waals surface area contributed by atoms with Gasteiger partial charge in [0.2, 0.25) is 5.95 Å². The Morgan fingerprint density at radius 1 is 0.377 bits per heavy atom. The molecule has 0 unspecified atom stereocenters. The SMILES string of the molecule is CC(C)c1ccc(-c2c(Oc3ccc4c5ccc(Oc6cc(-c7ccccn7)cc(C(C)C)c6-c6ccc(C(C)C)cc6)cc5n(-c5ncccn5)c4c3)cc(-c3ccccn3)cc2C(C)C)cc1. The number of nitrogens with zero attached hydrogens (tertiary/aromatic N) is 5. The van der Waals surface area contributed by atoms with Gasteiger partial charge >= 0.3 is 0 Å². The van der Waals surface area contributed by atoms with Gasteiger partial charge < -0.3 is 9.47 Å². The minimum atomic E-state index is 0.211. The van der Waals surface area contributed by atoms with Crippen LogP contribution in [0.4, 0.5) is 0 Å². The number of fused-ring (bicyclic) bond motifs is 3. The predicted molar refractivity (Wildman–Crippen MR) is 283 cm³/mol. The summed E-state index contributed by atoms with van der Waals surface area (Å²) in [5.74, 6) is 4.71. The van der Waals surface area contributed by atoms with Crippen LogP contribution in [0, 0.1) is 0 Å². The van der Waals surface area contributed by atoms with Gasteiger partial charge in [-0.1, -0.05) is 116 Å². The Morgan fingerprint density at radius 2 is 0.797 bits per heavy atom. The Balaban J connectivity index is 1.13. The lowest BCUT2D eigenvalue weighted by atomic mass is 9.88. The van der Waals surface area contributed by atoms with E-state index in [0.29, 0.717) is 29.3 Å². The van der Waals surface area contributed by atoms with E-state index in [2.05, 4.69) is 169 Å². The molecule has 0 aliphatic rings. The van der Waals surface area contributed by atoms with E-state index >= 15 is 0 Å². The highest BCUT2D eigenvalue weighted by molar-refractivity contribution is 6.10. The molecule has 6 aromatic carbocycles. The van der Waals surface area contributed by atoms with Crippen LogP contribution < -0.4 is 9.47 Å². The lowest BCUT2D eigenvalue weighted by molar-refractivity contribution is 0.484. The average Bonchev–Trinajstić information content (AvgIpc) is 3.69. The third kappa shape index (κ3) is 9.00. The summed E-state index contributed by atoms with van der Waals surface area (Å²) >= 11 is 0. The molecule has 4 heterocycles. The van der Waals surface area contributed by atoms with Crippen LogP contribution in [0.2, 0.25) is 0 Å². The molecular weight excluding hydrogens is 847 g/mol. The van der Waals surface area contributed by atoms with Crippen molar-refractivity contribution in [1.29, 1.82) is 0 Å². The van der Waals surface area contributed by atoms with Gasteiger partial charge in [0.15, 0.2) is 0 Å². The van der Waals surface area contributed by atoms with Gasteiger partial charge in [-0.05, 0) is 136 Å². The minimum absolute atomic E-state index is 0.211. The average molecular weight is 904 g/mol. The van der Waals surface area contributed by atoms with E-state index in [1.165, 1.54) is 22.3 Å². The molecule has 4 aromatic heterocycles. The van der Waals surface area contributed by atoms with Crippen LogP contribution in [0.3, 0.4) is 0 Å². The molecule has 69 heavy (non-hydrogen) atoms. The molecular formula is C62H57N5O2. The summed E-state index contributed by atoms with van der Waals surface area (Å²) in [6.45, 7) is 17.8. The fourth-order valence-electron chi connectivity index (χ4n) is 9.38. The van der Waals surface area contributed by atoms with E-state index in [1.807, 2.05) is 54.9 Å². The number of pyridine rings is 2. The Morgan fingerprint density at radius 3 is 1.17 bits per heavy atom. The molecule has 7 heteroatoms. The second kappa shape index (κ2) is 19.0. The number of ether oxygens (including phenoxy) is 2. The summed E-state index contributed by atoms with van der Waals surface area (Å²) in [5.41, 5.74) is 14.9. The Labute approximate surface area is 405 Å². The van der Waals surface area contributed by atoms with Crippen molar-refractivity contribution in [2.75, 3.05) is 0 Å². The molecule has 7 nitrogen and oxygen atoms in total. The van der Waals surface area contributed by atoms with Crippen LogP contribution in [0.25, 0.3) is 72.5 Å². The van der Waals surface area contributed by atoms with Crippen LogP contribution in [-0.4, -0.2) is 24.5 Å². The van der Waals surface area contributed by atoms with Crippen LogP contribution in [0.15, 0.2) is 176 Å².